The first-order valence-electron chi connectivity index (χ1n) is 13.2. The third-order valence-corrected chi connectivity index (χ3v) is 6.85. The number of methoxy groups -OCH3 is 4. The van der Waals surface area contributed by atoms with Crippen LogP contribution in [0, 0.1) is 0 Å². The molecular weight excluding hydrogens is 561 g/mol. The summed E-state index contributed by atoms with van der Waals surface area (Å²) in [4.78, 5) is 4.70. The third kappa shape index (κ3) is 6.08. The number of halogens is 3. The van der Waals surface area contributed by atoms with Crippen LogP contribution in [0.15, 0.2) is 91.3 Å². The van der Waals surface area contributed by atoms with E-state index in [0.717, 1.165) is 17.7 Å². The summed E-state index contributed by atoms with van der Waals surface area (Å²) in [6.07, 6.45) is -2.90. The van der Waals surface area contributed by atoms with Gasteiger partial charge < -0.3 is 23.7 Å². The highest BCUT2D eigenvalue weighted by Gasteiger charge is 2.30. The molecule has 4 aromatic carbocycles. The molecule has 0 aliphatic rings. The molecule has 1 aromatic heterocycles. The minimum Gasteiger partial charge on any atom is -0.493 e. The second-order valence-electron chi connectivity index (χ2n) is 9.41. The molecule has 222 valence electrons. The Kier molecular flexibility index (Phi) is 8.47. The van der Waals surface area contributed by atoms with Crippen molar-refractivity contribution in [3.8, 4) is 56.9 Å². The molecule has 0 N–H and O–H groups in total. The zero-order valence-corrected chi connectivity index (χ0v) is 23.9. The lowest BCUT2D eigenvalue weighted by Gasteiger charge is -2.17. The number of ether oxygens (including phenoxy) is 5. The Hall–Kier alpha value is -5.12. The molecule has 0 bridgehead atoms. The fraction of sp³-hybridized carbons (Fsp3) is 0.182. The molecule has 0 aliphatic heterocycles. The van der Waals surface area contributed by atoms with Crippen LogP contribution in [0.2, 0.25) is 0 Å². The van der Waals surface area contributed by atoms with Crippen molar-refractivity contribution in [1.29, 1.82) is 0 Å². The lowest BCUT2D eigenvalue weighted by Crippen LogP contribution is -2.05. The topological polar surface area (TPSA) is 64.0 Å². The van der Waals surface area contributed by atoms with Crippen LogP contribution in [-0.2, 0) is 12.8 Å². The first-order valence-corrected chi connectivity index (χ1v) is 13.2. The van der Waals surface area contributed by atoms with Crippen molar-refractivity contribution < 1.29 is 36.9 Å². The molecule has 0 aliphatic carbocycles. The normalized spacial score (nSPS) is 11.2. The summed E-state index contributed by atoms with van der Waals surface area (Å²) in [5.74, 6) is 2.27. The average molecular weight is 591 g/mol. The van der Waals surface area contributed by atoms with E-state index in [1.807, 2.05) is 42.5 Å². The summed E-state index contributed by atoms with van der Waals surface area (Å²) in [6, 6.07) is 23.6. The second kappa shape index (κ2) is 12.4. The number of imidazole rings is 1. The van der Waals surface area contributed by atoms with Crippen LogP contribution < -0.4 is 23.7 Å². The van der Waals surface area contributed by atoms with Gasteiger partial charge in [0.15, 0.2) is 23.0 Å². The number of hydrogen-bond acceptors (Lipinski definition) is 6. The van der Waals surface area contributed by atoms with Gasteiger partial charge in [-0.25, -0.2) is 4.98 Å². The maximum atomic E-state index is 13.3. The number of hydrogen-bond donors (Lipinski definition) is 0. The summed E-state index contributed by atoms with van der Waals surface area (Å²) in [5.41, 5.74) is 3.16. The Labute approximate surface area is 247 Å². The van der Waals surface area contributed by atoms with E-state index < -0.39 is 11.7 Å². The Morgan fingerprint density at radius 3 is 1.88 bits per heavy atom. The lowest BCUT2D eigenvalue weighted by atomic mass is 10.0. The van der Waals surface area contributed by atoms with Gasteiger partial charge >= 0.3 is 6.18 Å². The fourth-order valence-corrected chi connectivity index (χ4v) is 4.73. The van der Waals surface area contributed by atoms with Crippen LogP contribution in [-0.4, -0.2) is 38.0 Å². The van der Waals surface area contributed by atoms with Gasteiger partial charge in [0.2, 0.25) is 5.75 Å². The van der Waals surface area contributed by atoms with Gasteiger partial charge in [-0.3, -0.25) is 4.57 Å². The monoisotopic (exact) mass is 590 g/mol. The number of benzene rings is 4. The summed E-state index contributed by atoms with van der Waals surface area (Å²) in [7, 11) is 6.10. The molecule has 0 saturated heterocycles. The molecule has 0 amide bonds. The number of rotatable bonds is 10. The maximum absolute atomic E-state index is 13.3. The Balaban J connectivity index is 1.68. The number of aromatic nitrogens is 2. The van der Waals surface area contributed by atoms with Crippen molar-refractivity contribution in [2.45, 2.75) is 12.8 Å². The lowest BCUT2D eigenvalue weighted by molar-refractivity contribution is -0.137. The molecule has 0 radical (unpaired) electrons. The van der Waals surface area contributed by atoms with E-state index >= 15 is 0 Å². The van der Waals surface area contributed by atoms with Gasteiger partial charge in [-0.05, 0) is 60.2 Å². The van der Waals surface area contributed by atoms with Gasteiger partial charge in [0.05, 0.1) is 45.4 Å². The SMILES string of the molecule is COc1ccc(-c2c(-c3cc(OC)c(OC)c(OC)c3)ncn2-c2ccc(C(F)(F)F)cc2)cc1OCc1ccccc1. The van der Waals surface area contributed by atoms with Gasteiger partial charge in [-0.1, -0.05) is 30.3 Å². The zero-order valence-electron chi connectivity index (χ0n) is 23.9. The van der Waals surface area contributed by atoms with Gasteiger partial charge in [-0.2, -0.15) is 13.2 Å². The van der Waals surface area contributed by atoms with Crippen LogP contribution in [0.4, 0.5) is 13.2 Å². The first kappa shape index (κ1) is 29.4. The van der Waals surface area contributed by atoms with E-state index in [4.69, 9.17) is 28.7 Å². The van der Waals surface area contributed by atoms with E-state index in [-0.39, 0.29) is 0 Å². The Morgan fingerprint density at radius 2 is 1.30 bits per heavy atom. The van der Waals surface area contributed by atoms with Crippen molar-refractivity contribution in [3.05, 3.63) is 102 Å². The highest BCUT2D eigenvalue weighted by Crippen LogP contribution is 2.44. The molecule has 10 heteroatoms. The molecule has 0 spiro atoms. The number of nitrogens with zero attached hydrogens (tertiary/aromatic N) is 2. The van der Waals surface area contributed by atoms with Crippen LogP contribution >= 0.6 is 0 Å². The van der Waals surface area contributed by atoms with Crippen molar-refractivity contribution in [1.82, 2.24) is 9.55 Å². The van der Waals surface area contributed by atoms with Gasteiger partial charge in [-0.15, -0.1) is 0 Å². The smallest absolute Gasteiger partial charge is 0.416 e. The van der Waals surface area contributed by atoms with Crippen LogP contribution in [0.3, 0.4) is 0 Å². The first-order chi connectivity index (χ1) is 20.8. The molecule has 1 heterocycles. The average Bonchev–Trinajstić information content (AvgIpc) is 3.48. The zero-order chi connectivity index (χ0) is 30.6. The van der Waals surface area contributed by atoms with Crippen LogP contribution in [0.25, 0.3) is 28.2 Å². The Morgan fingerprint density at radius 1 is 0.674 bits per heavy atom. The van der Waals surface area contributed by atoms with Crippen LogP contribution in [0.5, 0.6) is 28.7 Å². The third-order valence-electron chi connectivity index (χ3n) is 6.85. The molecule has 0 fully saturated rings. The maximum Gasteiger partial charge on any atom is 0.416 e. The molecule has 5 aromatic rings. The molecule has 0 atom stereocenters. The summed E-state index contributed by atoms with van der Waals surface area (Å²) in [6.45, 7) is 0.304. The van der Waals surface area contributed by atoms with Crippen LogP contribution in [0.1, 0.15) is 11.1 Å². The quantitative estimate of drug-likeness (QED) is 0.165. The minimum atomic E-state index is -4.46. The molecule has 43 heavy (non-hydrogen) atoms. The highest BCUT2D eigenvalue weighted by molar-refractivity contribution is 5.83. The predicted octanol–water partition coefficient (Wildman–Crippen LogP) is 7.84. The minimum absolute atomic E-state index is 0.304. The summed E-state index contributed by atoms with van der Waals surface area (Å²) in [5, 5.41) is 0. The molecule has 5 rings (SSSR count). The molecule has 0 unspecified atom stereocenters. The van der Waals surface area contributed by atoms with Crippen molar-refractivity contribution in [3.63, 3.8) is 0 Å². The van der Waals surface area contributed by atoms with Crippen molar-refractivity contribution in [2.75, 3.05) is 28.4 Å². The van der Waals surface area contributed by atoms with E-state index in [2.05, 4.69) is 0 Å². The van der Waals surface area contributed by atoms with Gasteiger partial charge in [0.25, 0.3) is 0 Å². The standard InChI is InChI=1S/C33H29F3N2O5/c1-39-26-15-10-22(16-27(26)43-19-21-8-6-5-7-9-21)31-30(23-17-28(40-2)32(42-4)29(18-23)41-3)37-20-38(31)25-13-11-24(12-14-25)33(34,35)36/h5-18,20H,19H2,1-4H3. The number of alkyl halides is 3. The van der Waals surface area contributed by atoms with E-state index in [1.54, 1.807) is 36.2 Å². The predicted molar refractivity (Wildman–Crippen MR) is 156 cm³/mol. The van der Waals surface area contributed by atoms with Gasteiger partial charge in [0.1, 0.15) is 12.9 Å². The highest BCUT2D eigenvalue weighted by atomic mass is 19.4. The van der Waals surface area contributed by atoms with Crippen molar-refractivity contribution >= 4 is 0 Å². The fourth-order valence-electron chi connectivity index (χ4n) is 4.73. The molecule has 0 saturated carbocycles. The van der Waals surface area contributed by atoms with E-state index in [1.165, 1.54) is 33.5 Å². The molecule has 7 nitrogen and oxygen atoms in total. The van der Waals surface area contributed by atoms with Gasteiger partial charge in [0, 0.05) is 16.8 Å². The Bertz CT molecular complexity index is 1680. The largest absolute Gasteiger partial charge is 0.493 e. The second-order valence-corrected chi connectivity index (χ2v) is 9.41. The van der Waals surface area contributed by atoms with E-state index in [0.29, 0.717) is 63.6 Å². The summed E-state index contributed by atoms with van der Waals surface area (Å²) >= 11 is 0. The van der Waals surface area contributed by atoms with E-state index in [9.17, 15) is 13.2 Å². The summed E-state index contributed by atoms with van der Waals surface area (Å²) < 4.78 is 70.1. The molecular formula is C33H29F3N2O5. The van der Waals surface area contributed by atoms with Crippen molar-refractivity contribution in [2.24, 2.45) is 0 Å².